The highest BCUT2D eigenvalue weighted by Crippen LogP contribution is 2.36. The van der Waals surface area contributed by atoms with E-state index in [4.69, 9.17) is 4.74 Å². The molecular weight excluding hydrogens is 348 g/mol. The Morgan fingerprint density at radius 1 is 1.26 bits per heavy atom. The minimum atomic E-state index is -0.456. The summed E-state index contributed by atoms with van der Waals surface area (Å²) in [7, 11) is 3.30. The first-order valence-corrected chi connectivity index (χ1v) is 9.51. The lowest BCUT2D eigenvalue weighted by atomic mass is 9.87. The van der Waals surface area contributed by atoms with Crippen LogP contribution < -0.4 is 15.5 Å². The van der Waals surface area contributed by atoms with E-state index in [9.17, 15) is 14.9 Å². The van der Waals surface area contributed by atoms with Crippen molar-refractivity contribution in [3.05, 3.63) is 27.8 Å². The maximum Gasteiger partial charge on any atom is 0.293 e. The number of amides is 1. The molecule has 0 unspecified atom stereocenters. The van der Waals surface area contributed by atoms with Gasteiger partial charge in [-0.05, 0) is 37.7 Å². The number of methoxy groups -OCH3 is 1. The summed E-state index contributed by atoms with van der Waals surface area (Å²) in [5, 5.41) is 17.4. The monoisotopic (exact) mass is 376 g/mol. The van der Waals surface area contributed by atoms with Crippen molar-refractivity contribution < 1.29 is 14.5 Å². The molecule has 148 valence electrons. The lowest BCUT2D eigenvalue weighted by Gasteiger charge is -2.41. The van der Waals surface area contributed by atoms with Gasteiger partial charge in [0.05, 0.1) is 22.3 Å². The van der Waals surface area contributed by atoms with Crippen molar-refractivity contribution in [3.8, 4) is 0 Å². The molecule has 8 heteroatoms. The minimum Gasteiger partial charge on any atom is -0.383 e. The molecule has 27 heavy (non-hydrogen) atoms. The van der Waals surface area contributed by atoms with Crippen LogP contribution >= 0.6 is 0 Å². The second kappa shape index (κ2) is 8.12. The highest BCUT2D eigenvalue weighted by atomic mass is 16.6. The third-order valence-electron chi connectivity index (χ3n) is 5.70. The zero-order valence-electron chi connectivity index (χ0n) is 16.2. The Kier molecular flexibility index (Phi) is 5.84. The van der Waals surface area contributed by atoms with Crippen LogP contribution in [-0.4, -0.2) is 50.2 Å². The molecule has 8 nitrogen and oxygen atoms in total. The van der Waals surface area contributed by atoms with Gasteiger partial charge in [-0.15, -0.1) is 0 Å². The summed E-state index contributed by atoms with van der Waals surface area (Å²) >= 11 is 0. The van der Waals surface area contributed by atoms with Gasteiger partial charge in [-0.25, -0.2) is 0 Å². The van der Waals surface area contributed by atoms with Gasteiger partial charge in [0.25, 0.3) is 11.6 Å². The Balaban J connectivity index is 1.87. The first-order valence-electron chi connectivity index (χ1n) is 9.51. The van der Waals surface area contributed by atoms with Crippen LogP contribution in [-0.2, 0) is 4.74 Å². The van der Waals surface area contributed by atoms with Crippen LogP contribution in [0.2, 0.25) is 0 Å². The summed E-state index contributed by atoms with van der Waals surface area (Å²) in [5.74, 6) is 0.452. The SMILES string of the molecule is CNc1cc(N2CC(OC)C2)c(C(=O)N[C@H]2CC[C@H](C)CC2)cc1[N+](=O)[O-]. The summed E-state index contributed by atoms with van der Waals surface area (Å²) in [6.45, 7) is 3.56. The van der Waals surface area contributed by atoms with E-state index in [2.05, 4.69) is 17.6 Å². The van der Waals surface area contributed by atoms with Crippen LogP contribution in [0.1, 0.15) is 43.0 Å². The Labute approximate surface area is 159 Å². The summed E-state index contributed by atoms with van der Waals surface area (Å²) in [6, 6.07) is 3.22. The second-order valence-corrected chi connectivity index (χ2v) is 7.59. The van der Waals surface area contributed by atoms with Gasteiger partial charge in [-0.3, -0.25) is 14.9 Å². The van der Waals surface area contributed by atoms with E-state index in [1.54, 1.807) is 20.2 Å². The van der Waals surface area contributed by atoms with E-state index in [1.165, 1.54) is 6.07 Å². The van der Waals surface area contributed by atoms with E-state index in [0.717, 1.165) is 25.7 Å². The number of benzene rings is 1. The summed E-state index contributed by atoms with van der Waals surface area (Å²) in [4.78, 5) is 26.0. The fourth-order valence-electron chi connectivity index (χ4n) is 3.82. The first kappa shape index (κ1) is 19.4. The van der Waals surface area contributed by atoms with Crippen molar-refractivity contribution >= 4 is 23.0 Å². The van der Waals surface area contributed by atoms with Crippen LogP contribution in [0.4, 0.5) is 17.1 Å². The largest absolute Gasteiger partial charge is 0.383 e. The number of carbonyl (C=O) groups excluding carboxylic acids is 1. The summed E-state index contributed by atoms with van der Waals surface area (Å²) in [5.41, 5.74) is 1.38. The number of nitrogens with one attached hydrogen (secondary N) is 2. The molecule has 0 radical (unpaired) electrons. The van der Waals surface area contributed by atoms with Gasteiger partial charge in [0.1, 0.15) is 5.69 Å². The minimum absolute atomic E-state index is 0.0903. The molecule has 0 spiro atoms. The molecule has 1 saturated heterocycles. The highest BCUT2D eigenvalue weighted by molar-refractivity contribution is 6.02. The fourth-order valence-corrected chi connectivity index (χ4v) is 3.82. The van der Waals surface area contributed by atoms with Crippen LogP contribution in [0.15, 0.2) is 12.1 Å². The van der Waals surface area contributed by atoms with E-state index >= 15 is 0 Å². The lowest BCUT2D eigenvalue weighted by Crippen LogP contribution is -2.52. The number of ether oxygens (including phenoxy) is 1. The van der Waals surface area contributed by atoms with Gasteiger partial charge in [0.2, 0.25) is 0 Å². The average Bonchev–Trinajstić information content (AvgIpc) is 2.62. The molecule has 0 bridgehead atoms. The van der Waals surface area contributed by atoms with E-state index in [-0.39, 0.29) is 23.7 Å². The number of carbonyl (C=O) groups is 1. The van der Waals surface area contributed by atoms with Crippen molar-refractivity contribution in [1.82, 2.24) is 5.32 Å². The first-order chi connectivity index (χ1) is 12.9. The number of rotatable bonds is 6. The molecule has 1 aliphatic heterocycles. The number of hydrogen-bond donors (Lipinski definition) is 2. The normalized spacial score (nSPS) is 22.9. The second-order valence-electron chi connectivity index (χ2n) is 7.59. The predicted octanol–water partition coefficient (Wildman–Crippen LogP) is 2.78. The lowest BCUT2D eigenvalue weighted by molar-refractivity contribution is -0.383. The van der Waals surface area contributed by atoms with Gasteiger partial charge >= 0.3 is 0 Å². The maximum atomic E-state index is 13.0. The number of nitro benzene ring substituents is 1. The van der Waals surface area contributed by atoms with Crippen molar-refractivity contribution in [2.24, 2.45) is 5.92 Å². The zero-order chi connectivity index (χ0) is 19.6. The predicted molar refractivity (Wildman–Crippen MR) is 105 cm³/mol. The molecule has 3 rings (SSSR count). The average molecular weight is 376 g/mol. The van der Waals surface area contributed by atoms with Crippen LogP contribution in [0.5, 0.6) is 0 Å². The summed E-state index contributed by atoms with van der Waals surface area (Å²) in [6.07, 6.45) is 4.22. The van der Waals surface area contributed by atoms with Gasteiger partial charge in [-0.2, -0.15) is 0 Å². The van der Waals surface area contributed by atoms with Gasteiger partial charge in [0, 0.05) is 39.4 Å². The van der Waals surface area contributed by atoms with Crippen molar-refractivity contribution in [2.45, 2.75) is 44.8 Å². The Morgan fingerprint density at radius 3 is 2.48 bits per heavy atom. The smallest absolute Gasteiger partial charge is 0.293 e. The topological polar surface area (TPSA) is 96.7 Å². The molecule has 1 aromatic carbocycles. The van der Waals surface area contributed by atoms with Gasteiger partial charge < -0.3 is 20.3 Å². The van der Waals surface area contributed by atoms with Crippen molar-refractivity contribution in [2.75, 3.05) is 37.5 Å². The molecule has 1 aliphatic carbocycles. The maximum absolute atomic E-state index is 13.0. The number of hydrogen-bond acceptors (Lipinski definition) is 6. The van der Waals surface area contributed by atoms with Gasteiger partial charge in [0.15, 0.2) is 0 Å². The Bertz CT molecular complexity index is 710. The third kappa shape index (κ3) is 4.16. The van der Waals surface area contributed by atoms with Crippen LogP contribution in [0.3, 0.4) is 0 Å². The molecule has 2 aliphatic rings. The van der Waals surface area contributed by atoms with E-state index < -0.39 is 4.92 Å². The van der Waals surface area contributed by atoms with Crippen molar-refractivity contribution in [1.29, 1.82) is 0 Å². The van der Waals surface area contributed by atoms with Crippen LogP contribution in [0, 0.1) is 16.0 Å². The fraction of sp³-hybridized carbons (Fsp3) is 0.632. The molecule has 1 aromatic rings. The Hall–Kier alpha value is -2.35. The molecule has 0 atom stereocenters. The molecule has 0 aromatic heterocycles. The van der Waals surface area contributed by atoms with Crippen LogP contribution in [0.25, 0.3) is 0 Å². The number of nitro groups is 1. The molecular formula is C19H28N4O4. The molecule has 2 N–H and O–H groups in total. The summed E-state index contributed by atoms with van der Waals surface area (Å²) < 4.78 is 5.32. The third-order valence-corrected chi connectivity index (χ3v) is 5.70. The Morgan fingerprint density at radius 2 is 1.93 bits per heavy atom. The number of nitrogens with zero attached hydrogens (tertiary/aromatic N) is 2. The quantitative estimate of drug-likeness (QED) is 0.585. The van der Waals surface area contributed by atoms with Crippen molar-refractivity contribution in [3.63, 3.8) is 0 Å². The van der Waals surface area contributed by atoms with Gasteiger partial charge in [-0.1, -0.05) is 6.92 Å². The molecule has 1 saturated carbocycles. The zero-order valence-corrected chi connectivity index (χ0v) is 16.2. The van der Waals surface area contributed by atoms with E-state index in [1.807, 2.05) is 4.90 Å². The highest BCUT2D eigenvalue weighted by Gasteiger charge is 2.32. The standard InChI is InChI=1S/C19H28N4O4/c1-12-4-6-13(7-5-12)21-19(24)15-8-18(23(25)26)16(20-2)9-17(15)22-10-14(11-22)27-3/h8-9,12-14,20H,4-7,10-11H2,1-3H3,(H,21,24)/t12-,13-. The number of anilines is 2. The molecule has 2 fully saturated rings. The molecule has 1 heterocycles. The van der Waals surface area contributed by atoms with E-state index in [0.29, 0.717) is 35.9 Å². The molecule has 1 amide bonds.